The van der Waals surface area contributed by atoms with E-state index in [1.807, 2.05) is 24.3 Å². The van der Waals surface area contributed by atoms with E-state index in [2.05, 4.69) is 29.0 Å². The summed E-state index contributed by atoms with van der Waals surface area (Å²) in [7, 11) is 0. The molecule has 0 fully saturated rings. The molecule has 1 aromatic carbocycles. The summed E-state index contributed by atoms with van der Waals surface area (Å²) in [6.45, 7) is 2.25. The van der Waals surface area contributed by atoms with Gasteiger partial charge in [-0.25, -0.2) is 0 Å². The third kappa shape index (κ3) is 5.84. The summed E-state index contributed by atoms with van der Waals surface area (Å²) in [6.07, 6.45) is 11.4. The summed E-state index contributed by atoms with van der Waals surface area (Å²) in [5.41, 5.74) is 1.40. The van der Waals surface area contributed by atoms with Crippen molar-refractivity contribution < 1.29 is 0 Å². The highest BCUT2D eigenvalue weighted by Gasteiger charge is 2.05. The van der Waals surface area contributed by atoms with Crippen molar-refractivity contribution in [3.63, 3.8) is 0 Å². The molecule has 122 valence electrons. The summed E-state index contributed by atoms with van der Waals surface area (Å²) >= 11 is 6.36. The molecule has 3 heteroatoms. The minimum absolute atomic E-state index is 0.588. The number of hydrogen-bond acceptors (Lipinski definition) is 2. The van der Waals surface area contributed by atoms with Crippen molar-refractivity contribution in [2.75, 3.05) is 0 Å². The van der Waals surface area contributed by atoms with Gasteiger partial charge in [0.05, 0.1) is 10.5 Å². The Morgan fingerprint density at radius 3 is 2.39 bits per heavy atom. The van der Waals surface area contributed by atoms with Crippen LogP contribution >= 0.6 is 11.6 Å². The fourth-order valence-electron chi connectivity index (χ4n) is 2.60. The molecule has 0 aliphatic rings. The maximum atomic E-state index is 6.36. The topological polar surface area (TPSA) is 25.8 Å². The van der Waals surface area contributed by atoms with E-state index < -0.39 is 0 Å². The Balaban J connectivity index is 1.74. The second-order valence-electron chi connectivity index (χ2n) is 5.91. The fraction of sp³-hybridized carbons (Fsp3) is 0.500. The molecule has 0 aliphatic heterocycles. The molecule has 1 aromatic heterocycles. The van der Waals surface area contributed by atoms with Crippen LogP contribution in [0.3, 0.4) is 0 Å². The lowest BCUT2D eigenvalue weighted by atomic mass is 10.1. The smallest absolute Gasteiger partial charge is 0.149 e. The van der Waals surface area contributed by atoms with Crippen LogP contribution < -0.4 is 0 Å². The van der Waals surface area contributed by atoms with Crippen molar-refractivity contribution in [2.45, 2.75) is 64.7 Å². The zero-order valence-electron chi connectivity index (χ0n) is 13.9. The molecule has 0 saturated heterocycles. The monoisotopic (exact) mass is 328 g/mol. The zero-order chi connectivity index (χ0) is 16.3. The molecule has 0 atom stereocenters. The van der Waals surface area contributed by atoms with Crippen molar-refractivity contribution in [1.29, 1.82) is 0 Å². The second kappa shape index (κ2) is 10.2. The van der Waals surface area contributed by atoms with Crippen molar-refractivity contribution in [3.05, 3.63) is 35.0 Å². The molecular weight excluding hydrogens is 304 g/mol. The molecule has 2 nitrogen and oxygen atoms in total. The molecule has 0 spiro atoms. The minimum atomic E-state index is 0.588. The highest BCUT2D eigenvalue weighted by Crippen LogP contribution is 2.23. The number of aromatic nitrogens is 2. The average Bonchev–Trinajstić information content (AvgIpc) is 2.58. The number of halogens is 1. The summed E-state index contributed by atoms with van der Waals surface area (Å²) in [6, 6.07) is 7.75. The van der Waals surface area contributed by atoms with Gasteiger partial charge in [-0.05, 0) is 18.4 Å². The lowest BCUT2D eigenvalue weighted by molar-refractivity contribution is 0.579. The predicted octanol–water partition coefficient (Wildman–Crippen LogP) is 6.17. The fourth-order valence-corrected chi connectivity index (χ4v) is 2.84. The van der Waals surface area contributed by atoms with E-state index in [1.165, 1.54) is 44.9 Å². The molecule has 2 aromatic rings. The van der Waals surface area contributed by atoms with Gasteiger partial charge in [-0.1, -0.05) is 87.6 Å². The van der Waals surface area contributed by atoms with Gasteiger partial charge in [-0.15, -0.1) is 10.2 Å². The van der Waals surface area contributed by atoms with E-state index in [0.717, 1.165) is 23.7 Å². The van der Waals surface area contributed by atoms with Gasteiger partial charge in [-0.3, -0.25) is 0 Å². The molecule has 0 unspecified atom stereocenters. The van der Waals surface area contributed by atoms with Crippen LogP contribution in [-0.2, 0) is 0 Å². The van der Waals surface area contributed by atoms with Crippen LogP contribution in [0.25, 0.3) is 10.9 Å². The molecule has 0 aliphatic carbocycles. The second-order valence-corrected chi connectivity index (χ2v) is 6.28. The number of unbranched alkanes of at least 4 members (excludes halogenated alkanes) is 8. The molecule has 23 heavy (non-hydrogen) atoms. The van der Waals surface area contributed by atoms with Gasteiger partial charge in [0, 0.05) is 11.8 Å². The third-order valence-electron chi connectivity index (χ3n) is 3.97. The largest absolute Gasteiger partial charge is 0.155 e. The number of rotatable bonds is 8. The standard InChI is InChI=1S/C20H25ClN2/c1-2-3-4-5-6-7-8-9-10-11-16-19-20(21)17-14-12-13-15-18(17)22-23-19/h12-15H,2-10H2,1H3. The SMILES string of the molecule is CCCCCCCCCCC#Cc1nnc2ccccc2c1Cl. The van der Waals surface area contributed by atoms with Crippen molar-refractivity contribution in [1.82, 2.24) is 10.2 Å². The Kier molecular flexibility index (Phi) is 7.90. The summed E-state index contributed by atoms with van der Waals surface area (Å²) in [5, 5.41) is 9.82. The number of hydrogen-bond donors (Lipinski definition) is 0. The third-order valence-corrected chi connectivity index (χ3v) is 4.35. The van der Waals surface area contributed by atoms with Crippen LogP contribution in [0.4, 0.5) is 0 Å². The highest BCUT2D eigenvalue weighted by atomic mass is 35.5. The first-order valence-electron chi connectivity index (χ1n) is 8.72. The maximum absolute atomic E-state index is 6.36. The molecule has 0 saturated carbocycles. The average molecular weight is 329 g/mol. The molecular formula is C20H25ClN2. The van der Waals surface area contributed by atoms with E-state index in [-0.39, 0.29) is 0 Å². The zero-order valence-corrected chi connectivity index (χ0v) is 14.7. The van der Waals surface area contributed by atoms with Gasteiger partial charge in [0.25, 0.3) is 0 Å². The van der Waals surface area contributed by atoms with E-state index in [4.69, 9.17) is 11.6 Å². The lowest BCUT2D eigenvalue weighted by Crippen LogP contribution is -1.91. The molecule has 0 bridgehead atoms. The Bertz CT molecular complexity index is 670. The number of nitrogens with zero attached hydrogens (tertiary/aromatic N) is 2. The number of fused-ring (bicyclic) bond motifs is 1. The highest BCUT2D eigenvalue weighted by molar-refractivity contribution is 6.36. The first kappa shape index (κ1) is 17.8. The van der Waals surface area contributed by atoms with Crippen molar-refractivity contribution in [3.8, 4) is 11.8 Å². The van der Waals surface area contributed by atoms with Crippen molar-refractivity contribution in [2.24, 2.45) is 0 Å². The Morgan fingerprint density at radius 2 is 1.61 bits per heavy atom. The Morgan fingerprint density at radius 1 is 0.913 bits per heavy atom. The van der Waals surface area contributed by atoms with E-state index in [0.29, 0.717) is 10.7 Å². The summed E-state index contributed by atoms with van der Waals surface area (Å²) in [5.74, 6) is 6.25. The van der Waals surface area contributed by atoms with Gasteiger partial charge < -0.3 is 0 Å². The maximum Gasteiger partial charge on any atom is 0.155 e. The molecule has 0 radical (unpaired) electrons. The predicted molar refractivity (Wildman–Crippen MR) is 98.7 cm³/mol. The van der Waals surface area contributed by atoms with E-state index in [9.17, 15) is 0 Å². The van der Waals surface area contributed by atoms with Crippen LogP contribution in [0.1, 0.15) is 70.4 Å². The Hall–Kier alpha value is -1.59. The summed E-state index contributed by atoms with van der Waals surface area (Å²) < 4.78 is 0. The minimum Gasteiger partial charge on any atom is -0.149 e. The molecule has 1 heterocycles. The van der Waals surface area contributed by atoms with Gasteiger partial charge >= 0.3 is 0 Å². The summed E-state index contributed by atoms with van der Waals surface area (Å²) in [4.78, 5) is 0. The first-order valence-corrected chi connectivity index (χ1v) is 9.10. The van der Waals surface area contributed by atoms with Crippen LogP contribution in [0, 0.1) is 11.8 Å². The lowest BCUT2D eigenvalue weighted by Gasteiger charge is -2.00. The van der Waals surface area contributed by atoms with Crippen LogP contribution in [-0.4, -0.2) is 10.2 Å². The molecule has 2 rings (SSSR count). The first-order chi connectivity index (χ1) is 11.3. The van der Waals surface area contributed by atoms with Crippen LogP contribution in [0.2, 0.25) is 5.02 Å². The quantitative estimate of drug-likeness (QED) is 0.428. The van der Waals surface area contributed by atoms with Gasteiger partial charge in [-0.2, -0.15) is 0 Å². The number of benzene rings is 1. The van der Waals surface area contributed by atoms with E-state index >= 15 is 0 Å². The molecule has 0 N–H and O–H groups in total. The van der Waals surface area contributed by atoms with E-state index in [1.54, 1.807) is 0 Å². The van der Waals surface area contributed by atoms with Gasteiger partial charge in [0.1, 0.15) is 0 Å². The normalized spacial score (nSPS) is 10.5. The van der Waals surface area contributed by atoms with Gasteiger partial charge in [0.2, 0.25) is 0 Å². The Labute approximate surface area is 144 Å². The van der Waals surface area contributed by atoms with Gasteiger partial charge in [0.15, 0.2) is 5.69 Å². The van der Waals surface area contributed by atoms with Crippen molar-refractivity contribution >= 4 is 22.5 Å². The van der Waals surface area contributed by atoms with Crippen LogP contribution in [0.15, 0.2) is 24.3 Å². The van der Waals surface area contributed by atoms with Crippen LogP contribution in [0.5, 0.6) is 0 Å². The molecule has 0 amide bonds.